The van der Waals surface area contributed by atoms with Crippen molar-refractivity contribution in [2.45, 2.75) is 6.04 Å². The van der Waals surface area contributed by atoms with Gasteiger partial charge in [0.1, 0.15) is 6.04 Å². The molecule has 0 aliphatic carbocycles. The highest BCUT2D eigenvalue weighted by Crippen LogP contribution is 2.32. The van der Waals surface area contributed by atoms with Crippen molar-refractivity contribution >= 4 is 28.8 Å². The number of H-pyrrole nitrogens is 1. The number of fused-ring (bicyclic) bond motifs is 2. The van der Waals surface area contributed by atoms with Gasteiger partial charge in [0.25, 0.3) is 11.8 Å². The first-order valence-corrected chi connectivity index (χ1v) is 8.21. The van der Waals surface area contributed by atoms with E-state index in [4.69, 9.17) is 9.47 Å². The average molecular weight is 368 g/mol. The molecule has 0 unspecified atom stereocenters. The van der Waals surface area contributed by atoms with Crippen LogP contribution in [0, 0.1) is 0 Å². The minimum Gasteiger partial charge on any atom is -0.454 e. The molecule has 2 aromatic carbocycles. The Bertz CT molecular complexity index is 983. The number of ether oxygens (including phenoxy) is 2. The maximum absolute atomic E-state index is 12.4. The van der Waals surface area contributed by atoms with Crippen LogP contribution in [0.4, 0.5) is 5.95 Å². The number of aromatic nitrogens is 2. The van der Waals surface area contributed by atoms with Gasteiger partial charge >= 0.3 is 0 Å². The lowest BCUT2D eigenvalue weighted by Gasteiger charge is -2.15. The third kappa shape index (κ3) is 3.40. The molecule has 0 radical (unpaired) electrons. The van der Waals surface area contributed by atoms with E-state index in [9.17, 15) is 14.7 Å². The number of hydrogen-bond donors (Lipinski definition) is 4. The molecule has 4 N–H and O–H groups in total. The third-order valence-electron chi connectivity index (χ3n) is 4.07. The summed E-state index contributed by atoms with van der Waals surface area (Å²) in [6, 6.07) is 10.8. The number of nitrogens with zero attached hydrogens (tertiary/aromatic N) is 1. The van der Waals surface area contributed by atoms with Crippen LogP contribution in [-0.2, 0) is 4.79 Å². The van der Waals surface area contributed by atoms with Crippen LogP contribution in [0.25, 0.3) is 11.0 Å². The summed E-state index contributed by atoms with van der Waals surface area (Å²) in [4.78, 5) is 32.0. The van der Waals surface area contributed by atoms with E-state index < -0.39 is 24.5 Å². The van der Waals surface area contributed by atoms with Crippen LogP contribution in [0.5, 0.6) is 11.5 Å². The second-order valence-electron chi connectivity index (χ2n) is 5.87. The monoisotopic (exact) mass is 368 g/mol. The van der Waals surface area contributed by atoms with Gasteiger partial charge in [0.2, 0.25) is 12.7 Å². The average Bonchev–Trinajstić information content (AvgIpc) is 3.30. The predicted octanol–water partition coefficient (Wildman–Crippen LogP) is 1.02. The highest BCUT2D eigenvalue weighted by molar-refractivity contribution is 6.01. The van der Waals surface area contributed by atoms with Crippen molar-refractivity contribution in [1.29, 1.82) is 0 Å². The number of carbonyl (C=O) groups is 2. The van der Waals surface area contributed by atoms with E-state index >= 15 is 0 Å². The highest BCUT2D eigenvalue weighted by Gasteiger charge is 2.23. The molecule has 0 saturated carbocycles. The Balaban J connectivity index is 1.44. The highest BCUT2D eigenvalue weighted by atomic mass is 16.7. The molecule has 1 aliphatic rings. The molecule has 138 valence electrons. The third-order valence-corrected chi connectivity index (χ3v) is 4.07. The Morgan fingerprint density at radius 2 is 2.00 bits per heavy atom. The second kappa shape index (κ2) is 6.96. The summed E-state index contributed by atoms with van der Waals surface area (Å²) < 4.78 is 10.4. The molecule has 3 aromatic rings. The molecular formula is C18H16N4O5. The number of para-hydroxylation sites is 2. The van der Waals surface area contributed by atoms with Gasteiger partial charge in [-0.1, -0.05) is 12.1 Å². The van der Waals surface area contributed by atoms with E-state index in [0.29, 0.717) is 17.0 Å². The van der Waals surface area contributed by atoms with Crippen LogP contribution in [0.1, 0.15) is 10.4 Å². The quantitative estimate of drug-likeness (QED) is 0.533. The Morgan fingerprint density at radius 3 is 2.81 bits per heavy atom. The smallest absolute Gasteiger partial charge is 0.252 e. The zero-order chi connectivity index (χ0) is 18.8. The summed E-state index contributed by atoms with van der Waals surface area (Å²) in [6.45, 7) is -0.470. The van der Waals surface area contributed by atoms with E-state index in [1.54, 1.807) is 18.2 Å². The number of aliphatic hydroxyl groups excluding tert-OH is 1. The van der Waals surface area contributed by atoms with Crippen molar-refractivity contribution in [3.8, 4) is 11.5 Å². The van der Waals surface area contributed by atoms with Crippen LogP contribution < -0.4 is 20.1 Å². The second-order valence-corrected chi connectivity index (χ2v) is 5.87. The van der Waals surface area contributed by atoms with Crippen LogP contribution in [0.3, 0.4) is 0 Å². The maximum Gasteiger partial charge on any atom is 0.252 e. The first-order valence-electron chi connectivity index (χ1n) is 8.21. The molecular weight excluding hydrogens is 352 g/mol. The molecule has 9 nitrogen and oxygen atoms in total. The maximum atomic E-state index is 12.4. The normalized spacial score (nSPS) is 13.4. The van der Waals surface area contributed by atoms with Crippen LogP contribution in [0.15, 0.2) is 42.5 Å². The first-order chi connectivity index (χ1) is 13.1. The lowest BCUT2D eigenvalue weighted by Crippen LogP contribution is -2.46. The number of benzene rings is 2. The minimum absolute atomic E-state index is 0.0968. The molecule has 1 aromatic heterocycles. The zero-order valence-electron chi connectivity index (χ0n) is 14.1. The number of imidazole rings is 1. The van der Waals surface area contributed by atoms with Crippen molar-refractivity contribution in [3.05, 3.63) is 48.0 Å². The number of anilines is 1. The largest absolute Gasteiger partial charge is 0.454 e. The van der Waals surface area contributed by atoms with Crippen LogP contribution in [-0.4, -0.2) is 46.3 Å². The SMILES string of the molecule is O=C(N[C@@H](CO)C(=O)Nc1nc2ccccc2[nH]1)c1ccc2c(c1)OCO2. The van der Waals surface area contributed by atoms with E-state index in [0.717, 1.165) is 5.52 Å². The van der Waals surface area contributed by atoms with Gasteiger partial charge in [-0.05, 0) is 30.3 Å². The molecule has 0 fully saturated rings. The van der Waals surface area contributed by atoms with E-state index in [-0.39, 0.29) is 18.3 Å². The summed E-state index contributed by atoms with van der Waals surface area (Å²) in [5, 5.41) is 14.6. The topological polar surface area (TPSA) is 126 Å². The van der Waals surface area contributed by atoms with Gasteiger partial charge in [-0.25, -0.2) is 4.98 Å². The molecule has 1 atom stereocenters. The lowest BCUT2D eigenvalue weighted by atomic mass is 10.1. The predicted molar refractivity (Wildman–Crippen MR) is 95.6 cm³/mol. The number of nitrogens with one attached hydrogen (secondary N) is 3. The Morgan fingerprint density at radius 1 is 1.19 bits per heavy atom. The van der Waals surface area contributed by atoms with Gasteiger partial charge in [-0.15, -0.1) is 0 Å². The molecule has 2 heterocycles. The molecule has 4 rings (SSSR count). The molecule has 27 heavy (non-hydrogen) atoms. The molecule has 0 saturated heterocycles. The van der Waals surface area contributed by atoms with E-state index in [2.05, 4.69) is 20.6 Å². The van der Waals surface area contributed by atoms with Crippen molar-refractivity contribution in [3.63, 3.8) is 0 Å². The van der Waals surface area contributed by atoms with Gasteiger partial charge in [0.15, 0.2) is 11.5 Å². The molecule has 2 amide bonds. The summed E-state index contributed by atoms with van der Waals surface area (Å²) in [6.07, 6.45) is 0. The molecule has 1 aliphatic heterocycles. The fraction of sp³-hybridized carbons (Fsp3) is 0.167. The fourth-order valence-electron chi connectivity index (χ4n) is 2.69. The fourth-order valence-corrected chi connectivity index (χ4v) is 2.69. The van der Waals surface area contributed by atoms with Gasteiger partial charge in [-0.2, -0.15) is 0 Å². The number of aromatic amines is 1. The number of carbonyl (C=O) groups excluding carboxylic acids is 2. The number of aliphatic hydroxyl groups is 1. The standard InChI is InChI=1S/C18H16N4O5/c23-8-13(17(25)22-18-20-11-3-1-2-4-12(11)21-18)19-16(24)10-5-6-14-15(7-10)27-9-26-14/h1-7,13,23H,8-9H2,(H,19,24)(H2,20,21,22,25)/t13-/m0/s1. The van der Waals surface area contributed by atoms with E-state index in [1.807, 2.05) is 18.2 Å². The summed E-state index contributed by atoms with van der Waals surface area (Å²) in [7, 11) is 0. The lowest BCUT2D eigenvalue weighted by molar-refractivity contribution is -0.118. The van der Waals surface area contributed by atoms with Gasteiger partial charge in [0.05, 0.1) is 17.6 Å². The summed E-state index contributed by atoms with van der Waals surface area (Å²) in [5.74, 6) is 0.123. The van der Waals surface area contributed by atoms with Crippen LogP contribution in [0.2, 0.25) is 0 Å². The Labute approximate surface area is 153 Å². The van der Waals surface area contributed by atoms with Crippen molar-refractivity contribution < 1.29 is 24.2 Å². The minimum atomic E-state index is -1.14. The van der Waals surface area contributed by atoms with E-state index in [1.165, 1.54) is 6.07 Å². The summed E-state index contributed by atoms with van der Waals surface area (Å²) >= 11 is 0. The number of rotatable bonds is 5. The van der Waals surface area contributed by atoms with Gasteiger partial charge in [0, 0.05) is 5.56 Å². The number of amides is 2. The van der Waals surface area contributed by atoms with Crippen molar-refractivity contribution in [2.24, 2.45) is 0 Å². The Hall–Kier alpha value is -3.59. The van der Waals surface area contributed by atoms with Crippen molar-refractivity contribution in [1.82, 2.24) is 15.3 Å². The molecule has 9 heteroatoms. The summed E-state index contributed by atoms with van der Waals surface area (Å²) in [5.41, 5.74) is 1.74. The molecule has 0 spiro atoms. The number of hydrogen-bond acceptors (Lipinski definition) is 6. The van der Waals surface area contributed by atoms with Crippen molar-refractivity contribution in [2.75, 3.05) is 18.7 Å². The van der Waals surface area contributed by atoms with Gasteiger partial charge < -0.3 is 24.9 Å². The first kappa shape index (κ1) is 16.9. The van der Waals surface area contributed by atoms with Crippen LogP contribution >= 0.6 is 0 Å². The zero-order valence-corrected chi connectivity index (χ0v) is 14.1. The molecule has 0 bridgehead atoms. The Kier molecular flexibility index (Phi) is 4.35. The van der Waals surface area contributed by atoms with Gasteiger partial charge in [-0.3, -0.25) is 14.9 Å².